The van der Waals surface area contributed by atoms with Crippen LogP contribution in [0.5, 0.6) is 28.7 Å². The van der Waals surface area contributed by atoms with Gasteiger partial charge in [0.15, 0.2) is 11.5 Å². The topological polar surface area (TPSA) is 113 Å². The van der Waals surface area contributed by atoms with Crippen molar-refractivity contribution in [3.63, 3.8) is 0 Å². The van der Waals surface area contributed by atoms with Gasteiger partial charge in [-0.15, -0.1) is 0 Å². The molecule has 0 radical (unpaired) electrons. The van der Waals surface area contributed by atoms with Crippen LogP contribution in [0.15, 0.2) is 65.6 Å². The Hall–Kier alpha value is -4.12. The SMILES string of the molecule is CCC1(CC)CC(NC(=O)CN(c2cc(OC)ccc2OC)S(=O)(=O)c2ccc(OC)c(OC)c2)c2ccccc2O1. The van der Waals surface area contributed by atoms with Crippen molar-refractivity contribution in [3.8, 4) is 28.7 Å². The lowest BCUT2D eigenvalue weighted by atomic mass is 9.83. The molecule has 3 aromatic carbocycles. The number of sulfonamides is 1. The minimum Gasteiger partial charge on any atom is -0.497 e. The zero-order valence-corrected chi connectivity index (χ0v) is 25.6. The quantitative estimate of drug-likeness (QED) is 0.306. The van der Waals surface area contributed by atoms with E-state index in [1.165, 1.54) is 52.7 Å². The average Bonchev–Trinajstić information content (AvgIpc) is 3.02. The van der Waals surface area contributed by atoms with Gasteiger partial charge in [-0.05, 0) is 43.2 Å². The third-order valence-electron chi connectivity index (χ3n) is 7.71. The van der Waals surface area contributed by atoms with Gasteiger partial charge in [-0.3, -0.25) is 9.10 Å². The molecule has 11 heteroatoms. The number of hydrogen-bond acceptors (Lipinski definition) is 8. The minimum atomic E-state index is -4.32. The highest BCUT2D eigenvalue weighted by atomic mass is 32.2. The molecule has 1 N–H and O–H groups in total. The molecular formula is C31H38N2O8S. The second-order valence-corrected chi connectivity index (χ2v) is 11.8. The third-order valence-corrected chi connectivity index (χ3v) is 9.46. The van der Waals surface area contributed by atoms with Gasteiger partial charge in [0.25, 0.3) is 10.0 Å². The summed E-state index contributed by atoms with van der Waals surface area (Å²) in [6.07, 6.45) is 2.06. The summed E-state index contributed by atoms with van der Waals surface area (Å²) in [5.74, 6) is 1.46. The molecule has 0 bridgehead atoms. The highest BCUT2D eigenvalue weighted by Gasteiger charge is 2.39. The number of nitrogens with one attached hydrogen (secondary N) is 1. The highest BCUT2D eigenvalue weighted by molar-refractivity contribution is 7.92. The molecule has 1 aliphatic heterocycles. The number of amides is 1. The molecule has 0 aromatic heterocycles. The molecule has 0 aliphatic carbocycles. The first-order valence-electron chi connectivity index (χ1n) is 13.7. The van der Waals surface area contributed by atoms with E-state index in [1.54, 1.807) is 12.1 Å². The number of benzene rings is 3. The lowest BCUT2D eigenvalue weighted by molar-refractivity contribution is -0.121. The Morgan fingerprint density at radius 1 is 0.905 bits per heavy atom. The Balaban J connectivity index is 1.76. The molecule has 1 amide bonds. The van der Waals surface area contributed by atoms with Crippen LogP contribution >= 0.6 is 0 Å². The summed E-state index contributed by atoms with van der Waals surface area (Å²) < 4.78 is 57.4. The van der Waals surface area contributed by atoms with Crippen molar-refractivity contribution >= 4 is 21.6 Å². The Labute approximate surface area is 247 Å². The maximum Gasteiger partial charge on any atom is 0.265 e. The van der Waals surface area contributed by atoms with Crippen molar-refractivity contribution in [2.45, 2.75) is 49.6 Å². The van der Waals surface area contributed by atoms with Gasteiger partial charge in [-0.2, -0.15) is 0 Å². The van der Waals surface area contributed by atoms with Crippen molar-refractivity contribution in [2.75, 3.05) is 39.3 Å². The molecule has 1 atom stereocenters. The molecule has 42 heavy (non-hydrogen) atoms. The van der Waals surface area contributed by atoms with Crippen molar-refractivity contribution in [1.82, 2.24) is 5.32 Å². The number of fused-ring (bicyclic) bond motifs is 1. The molecule has 1 heterocycles. The number of nitrogens with zero attached hydrogens (tertiary/aromatic N) is 1. The molecule has 1 aliphatic rings. The van der Waals surface area contributed by atoms with E-state index >= 15 is 0 Å². The van der Waals surface area contributed by atoms with Crippen LogP contribution in [-0.4, -0.2) is 54.9 Å². The maximum atomic E-state index is 14.2. The molecule has 10 nitrogen and oxygen atoms in total. The Morgan fingerprint density at radius 3 is 2.21 bits per heavy atom. The monoisotopic (exact) mass is 598 g/mol. The van der Waals surface area contributed by atoms with Crippen LogP contribution in [0, 0.1) is 0 Å². The van der Waals surface area contributed by atoms with Crippen LogP contribution < -0.4 is 33.3 Å². The zero-order valence-electron chi connectivity index (χ0n) is 24.8. The fourth-order valence-corrected chi connectivity index (χ4v) is 6.64. The van der Waals surface area contributed by atoms with Crippen molar-refractivity contribution < 1.29 is 36.9 Å². The molecule has 4 rings (SSSR count). The number of rotatable bonds is 12. The fourth-order valence-electron chi connectivity index (χ4n) is 5.20. The van der Waals surface area contributed by atoms with E-state index < -0.39 is 28.1 Å². The van der Waals surface area contributed by atoms with Crippen molar-refractivity contribution in [3.05, 3.63) is 66.2 Å². The summed E-state index contributed by atoms with van der Waals surface area (Å²) in [7, 11) is 1.47. The van der Waals surface area contributed by atoms with E-state index in [1.807, 2.05) is 24.3 Å². The summed E-state index contributed by atoms with van der Waals surface area (Å²) in [5, 5.41) is 3.09. The van der Waals surface area contributed by atoms with Gasteiger partial charge < -0.3 is 29.0 Å². The normalized spacial score (nSPS) is 15.5. The first-order chi connectivity index (χ1) is 20.1. The summed E-state index contributed by atoms with van der Waals surface area (Å²) in [6, 6.07) is 16.2. The van der Waals surface area contributed by atoms with Gasteiger partial charge in [-0.25, -0.2) is 8.42 Å². The van der Waals surface area contributed by atoms with E-state index in [9.17, 15) is 13.2 Å². The second-order valence-electron chi connectivity index (χ2n) is 9.92. The van der Waals surface area contributed by atoms with E-state index in [4.69, 9.17) is 23.7 Å². The molecule has 0 fully saturated rings. The molecule has 0 saturated carbocycles. The van der Waals surface area contributed by atoms with Gasteiger partial charge in [-0.1, -0.05) is 32.0 Å². The Bertz CT molecular complexity index is 1520. The average molecular weight is 599 g/mol. The number of ether oxygens (including phenoxy) is 5. The van der Waals surface area contributed by atoms with E-state index in [2.05, 4.69) is 19.2 Å². The largest absolute Gasteiger partial charge is 0.497 e. The first kappa shape index (κ1) is 30.8. The van der Waals surface area contributed by atoms with Gasteiger partial charge in [0.2, 0.25) is 5.91 Å². The van der Waals surface area contributed by atoms with E-state index in [-0.39, 0.29) is 28.1 Å². The molecule has 0 spiro atoms. The highest BCUT2D eigenvalue weighted by Crippen LogP contribution is 2.43. The lowest BCUT2D eigenvalue weighted by Gasteiger charge is -2.41. The Kier molecular flexibility index (Phi) is 9.40. The fraction of sp³-hybridized carbons (Fsp3) is 0.387. The minimum absolute atomic E-state index is 0.0924. The molecule has 1 unspecified atom stereocenters. The number of methoxy groups -OCH3 is 4. The van der Waals surface area contributed by atoms with Crippen molar-refractivity contribution in [2.24, 2.45) is 0 Å². The van der Waals surface area contributed by atoms with E-state index in [0.29, 0.717) is 23.7 Å². The molecule has 3 aromatic rings. The van der Waals surface area contributed by atoms with Crippen LogP contribution in [0.1, 0.15) is 44.7 Å². The number of carbonyl (C=O) groups is 1. The second kappa shape index (κ2) is 12.8. The standard InChI is InChI=1S/C31H38N2O8S/c1-7-31(8-2)19-24(23-11-9-10-12-26(23)41-31)32-30(34)20-33(25-17-21(37-3)13-15-27(25)38-4)42(35,36)22-14-16-28(39-5)29(18-22)40-6/h9-18,24H,7-8,19-20H2,1-6H3,(H,32,34). The smallest absolute Gasteiger partial charge is 0.265 e. The van der Waals surface area contributed by atoms with Crippen molar-refractivity contribution in [1.29, 1.82) is 0 Å². The first-order valence-corrected chi connectivity index (χ1v) is 15.1. The predicted octanol–water partition coefficient (Wildman–Crippen LogP) is 5.12. The number of anilines is 1. The van der Waals surface area contributed by atoms with E-state index in [0.717, 1.165) is 22.7 Å². The van der Waals surface area contributed by atoms with Gasteiger partial charge in [0.05, 0.1) is 45.1 Å². The van der Waals surface area contributed by atoms with Gasteiger partial charge in [0, 0.05) is 24.1 Å². The number of hydrogen-bond donors (Lipinski definition) is 1. The van der Waals surface area contributed by atoms with Crippen LogP contribution in [0.25, 0.3) is 0 Å². The summed E-state index contributed by atoms with van der Waals surface area (Å²) in [6.45, 7) is 3.59. The lowest BCUT2D eigenvalue weighted by Crippen LogP contribution is -2.47. The van der Waals surface area contributed by atoms with Crippen LogP contribution in [-0.2, 0) is 14.8 Å². The molecular weight excluding hydrogens is 560 g/mol. The Morgan fingerprint density at radius 2 is 1.57 bits per heavy atom. The predicted molar refractivity (Wildman–Crippen MR) is 160 cm³/mol. The maximum absolute atomic E-state index is 14.2. The van der Waals surface area contributed by atoms with Gasteiger partial charge >= 0.3 is 0 Å². The molecule has 226 valence electrons. The summed E-state index contributed by atoms with van der Waals surface area (Å²) in [5.41, 5.74) is 0.538. The van der Waals surface area contributed by atoms with Crippen LogP contribution in [0.2, 0.25) is 0 Å². The molecule has 0 saturated heterocycles. The van der Waals surface area contributed by atoms with Crippen LogP contribution in [0.3, 0.4) is 0 Å². The van der Waals surface area contributed by atoms with Gasteiger partial charge in [0.1, 0.15) is 29.4 Å². The third kappa shape index (κ3) is 6.06. The summed E-state index contributed by atoms with van der Waals surface area (Å²) >= 11 is 0. The zero-order chi connectivity index (χ0) is 30.5. The number of para-hydroxylation sites is 1. The summed E-state index contributed by atoms with van der Waals surface area (Å²) in [4.78, 5) is 13.7. The number of carbonyl (C=O) groups excluding carboxylic acids is 1. The van der Waals surface area contributed by atoms with Crippen LogP contribution in [0.4, 0.5) is 5.69 Å².